The lowest BCUT2D eigenvalue weighted by atomic mass is 9.97. The van der Waals surface area contributed by atoms with Gasteiger partial charge in [-0.15, -0.1) is 0 Å². The topological polar surface area (TPSA) is 93.3 Å². The fraction of sp³-hybridized carbons (Fsp3) is 0.364. The van der Waals surface area contributed by atoms with Gasteiger partial charge in [-0.25, -0.2) is 4.79 Å². The number of benzene rings is 3. The first kappa shape index (κ1) is 28.5. The Morgan fingerprint density at radius 1 is 0.927 bits per heavy atom. The van der Waals surface area contributed by atoms with Crippen LogP contribution in [0.4, 0.5) is 4.79 Å². The Morgan fingerprint density at radius 2 is 1.63 bits per heavy atom. The van der Waals surface area contributed by atoms with Crippen molar-refractivity contribution < 1.29 is 28.8 Å². The quantitative estimate of drug-likeness (QED) is 0.149. The number of hydrogen-bond donors (Lipinski definition) is 2. The summed E-state index contributed by atoms with van der Waals surface area (Å²) in [6, 6.07) is 20.1. The van der Waals surface area contributed by atoms with E-state index in [0.29, 0.717) is 26.1 Å². The average molecular weight is 559 g/mol. The van der Waals surface area contributed by atoms with E-state index in [0.717, 1.165) is 89.5 Å². The molecule has 1 aliphatic heterocycles. The Balaban J connectivity index is 1.22. The number of fused-ring (bicyclic) bond motifs is 1. The van der Waals surface area contributed by atoms with Gasteiger partial charge in [-0.1, -0.05) is 42.5 Å². The minimum Gasteiger partial charge on any atom is -0.493 e. The highest BCUT2D eigenvalue weighted by atomic mass is 16.7. The number of morpholine rings is 1. The first-order valence-electron chi connectivity index (χ1n) is 14.3. The van der Waals surface area contributed by atoms with Crippen molar-refractivity contribution in [2.75, 3.05) is 46.1 Å². The van der Waals surface area contributed by atoms with Crippen LogP contribution in [0.5, 0.6) is 17.4 Å². The zero-order chi connectivity index (χ0) is 28.6. The lowest BCUT2D eigenvalue weighted by Crippen LogP contribution is -2.37. The number of carbonyl (C=O) groups is 1. The van der Waals surface area contributed by atoms with E-state index in [1.165, 1.54) is 0 Å². The van der Waals surface area contributed by atoms with Gasteiger partial charge in [0, 0.05) is 42.2 Å². The number of H-pyrrole nitrogens is 1. The summed E-state index contributed by atoms with van der Waals surface area (Å²) < 4.78 is 22.7. The van der Waals surface area contributed by atoms with E-state index in [9.17, 15) is 9.90 Å². The fourth-order valence-corrected chi connectivity index (χ4v) is 5.39. The van der Waals surface area contributed by atoms with Crippen LogP contribution < -0.4 is 14.2 Å². The number of nitrogens with one attached hydrogen (secondary N) is 1. The number of aryl methyl sites for hydroxylation is 3. The largest absolute Gasteiger partial charge is 0.512 e. The van der Waals surface area contributed by atoms with E-state index < -0.39 is 6.16 Å². The standard InChI is InChI=1S/C33H38N2O6/c1-23-20-25(22-26(21-23)40-17-7-13-35-14-18-38-19-15-35)39-16-6-12-30-29-11-5-10-28(27-9-4-3-8-24(27)2)31(29)34-32(30)41-33(36)37/h3-5,8-11,20-22,34H,6-7,12-19H2,1-2H3,(H,36,37). The van der Waals surface area contributed by atoms with Gasteiger partial charge in [0.1, 0.15) is 11.5 Å². The minimum atomic E-state index is -1.34. The fourth-order valence-electron chi connectivity index (χ4n) is 5.39. The van der Waals surface area contributed by atoms with Gasteiger partial charge in [0.2, 0.25) is 5.88 Å². The van der Waals surface area contributed by atoms with Crippen LogP contribution in [0.3, 0.4) is 0 Å². The smallest absolute Gasteiger partial charge is 0.493 e. The Morgan fingerprint density at radius 3 is 2.37 bits per heavy atom. The molecule has 0 radical (unpaired) electrons. The van der Waals surface area contributed by atoms with Gasteiger partial charge >= 0.3 is 6.16 Å². The number of nitrogens with zero attached hydrogens (tertiary/aromatic N) is 1. The van der Waals surface area contributed by atoms with Crippen LogP contribution in [0.25, 0.3) is 22.0 Å². The van der Waals surface area contributed by atoms with E-state index >= 15 is 0 Å². The van der Waals surface area contributed by atoms with Crippen molar-refractivity contribution in [3.63, 3.8) is 0 Å². The maximum atomic E-state index is 11.5. The molecule has 1 aliphatic rings. The SMILES string of the molecule is Cc1cc(OCCCc2c(OC(=O)O)[nH]c3c(-c4ccccc4C)cccc23)cc(OCCCN2CCOCC2)c1. The predicted octanol–water partition coefficient (Wildman–Crippen LogP) is 6.62. The summed E-state index contributed by atoms with van der Waals surface area (Å²) in [5, 5.41) is 10.3. The summed E-state index contributed by atoms with van der Waals surface area (Å²) in [6.45, 7) is 9.81. The maximum absolute atomic E-state index is 11.5. The van der Waals surface area contributed by atoms with Crippen molar-refractivity contribution in [3.05, 3.63) is 77.4 Å². The summed E-state index contributed by atoms with van der Waals surface area (Å²) in [6.07, 6.45) is 0.891. The Labute approximate surface area is 240 Å². The van der Waals surface area contributed by atoms with Crippen molar-refractivity contribution in [3.8, 4) is 28.5 Å². The molecule has 0 aliphatic carbocycles. The molecule has 2 N–H and O–H groups in total. The van der Waals surface area contributed by atoms with Gasteiger partial charge < -0.3 is 29.0 Å². The first-order valence-corrected chi connectivity index (χ1v) is 14.3. The molecule has 1 fully saturated rings. The summed E-state index contributed by atoms with van der Waals surface area (Å²) in [7, 11) is 0. The number of carboxylic acid groups (broad SMARTS) is 1. The molecular weight excluding hydrogens is 520 g/mol. The van der Waals surface area contributed by atoms with Crippen molar-refractivity contribution in [2.45, 2.75) is 33.1 Å². The second-order valence-electron chi connectivity index (χ2n) is 10.4. The summed E-state index contributed by atoms with van der Waals surface area (Å²) in [5.41, 5.74) is 6.01. The Kier molecular flexibility index (Phi) is 9.44. The third-order valence-corrected chi connectivity index (χ3v) is 7.38. The van der Waals surface area contributed by atoms with Crippen LogP contribution in [0.1, 0.15) is 29.5 Å². The number of rotatable bonds is 12. The van der Waals surface area contributed by atoms with Crippen LogP contribution in [-0.4, -0.2) is 67.2 Å². The molecule has 8 heteroatoms. The van der Waals surface area contributed by atoms with Gasteiger partial charge in [-0.05, 0) is 61.9 Å². The van der Waals surface area contributed by atoms with Crippen LogP contribution in [0.2, 0.25) is 0 Å². The van der Waals surface area contributed by atoms with Crippen LogP contribution in [0.15, 0.2) is 60.7 Å². The Bertz CT molecular complexity index is 1470. The van der Waals surface area contributed by atoms with Gasteiger partial charge in [0.05, 0.1) is 31.9 Å². The number of ether oxygens (including phenoxy) is 4. The van der Waals surface area contributed by atoms with Crippen molar-refractivity contribution in [2.24, 2.45) is 0 Å². The molecule has 0 amide bonds. The zero-order valence-corrected chi connectivity index (χ0v) is 23.8. The second-order valence-corrected chi connectivity index (χ2v) is 10.4. The average Bonchev–Trinajstić information content (AvgIpc) is 3.30. The van der Waals surface area contributed by atoms with Gasteiger partial charge in [-0.3, -0.25) is 4.90 Å². The number of hydrogen-bond acceptors (Lipinski definition) is 6. The predicted molar refractivity (Wildman–Crippen MR) is 159 cm³/mol. The van der Waals surface area contributed by atoms with E-state index in [-0.39, 0.29) is 5.88 Å². The molecule has 0 unspecified atom stereocenters. The molecule has 3 aromatic carbocycles. The molecule has 1 saturated heterocycles. The van der Waals surface area contributed by atoms with Crippen LogP contribution >= 0.6 is 0 Å². The number of aromatic nitrogens is 1. The van der Waals surface area contributed by atoms with Crippen molar-refractivity contribution >= 4 is 17.1 Å². The summed E-state index contributed by atoms with van der Waals surface area (Å²) in [5.74, 6) is 1.83. The molecule has 216 valence electrons. The minimum absolute atomic E-state index is 0.261. The highest BCUT2D eigenvalue weighted by Gasteiger charge is 2.18. The van der Waals surface area contributed by atoms with E-state index in [1.807, 2.05) is 55.5 Å². The third kappa shape index (κ3) is 7.39. The second kappa shape index (κ2) is 13.6. The molecule has 0 spiro atoms. The van der Waals surface area contributed by atoms with E-state index in [2.05, 4.69) is 28.9 Å². The van der Waals surface area contributed by atoms with E-state index in [4.69, 9.17) is 18.9 Å². The molecular formula is C33H38N2O6. The van der Waals surface area contributed by atoms with Gasteiger partial charge in [0.25, 0.3) is 0 Å². The van der Waals surface area contributed by atoms with Crippen LogP contribution in [0, 0.1) is 13.8 Å². The monoisotopic (exact) mass is 558 g/mol. The molecule has 4 aromatic rings. The molecule has 0 saturated carbocycles. The van der Waals surface area contributed by atoms with Crippen molar-refractivity contribution in [1.82, 2.24) is 9.88 Å². The number of aromatic amines is 1. The molecule has 1 aromatic heterocycles. The third-order valence-electron chi connectivity index (χ3n) is 7.38. The van der Waals surface area contributed by atoms with Crippen LogP contribution in [-0.2, 0) is 11.2 Å². The lowest BCUT2D eigenvalue weighted by Gasteiger charge is -2.26. The molecule has 41 heavy (non-hydrogen) atoms. The Hall–Kier alpha value is -4.01. The van der Waals surface area contributed by atoms with E-state index in [1.54, 1.807) is 0 Å². The highest BCUT2D eigenvalue weighted by Crippen LogP contribution is 2.36. The number of para-hydroxylation sites is 1. The van der Waals surface area contributed by atoms with Crippen molar-refractivity contribution in [1.29, 1.82) is 0 Å². The molecule has 2 heterocycles. The molecule has 5 rings (SSSR count). The molecule has 8 nitrogen and oxygen atoms in total. The normalized spacial score (nSPS) is 13.8. The highest BCUT2D eigenvalue weighted by molar-refractivity contribution is 5.98. The van der Waals surface area contributed by atoms with Gasteiger partial charge in [-0.2, -0.15) is 0 Å². The summed E-state index contributed by atoms with van der Waals surface area (Å²) >= 11 is 0. The van der Waals surface area contributed by atoms with Gasteiger partial charge in [0.15, 0.2) is 0 Å². The summed E-state index contributed by atoms with van der Waals surface area (Å²) in [4.78, 5) is 17.1. The lowest BCUT2D eigenvalue weighted by molar-refractivity contribution is 0.0358. The zero-order valence-electron chi connectivity index (χ0n) is 23.8. The molecule has 0 atom stereocenters. The molecule has 0 bridgehead atoms. The first-order chi connectivity index (χ1) is 20.0. The maximum Gasteiger partial charge on any atom is 0.512 e.